The van der Waals surface area contributed by atoms with Crippen molar-refractivity contribution in [2.24, 2.45) is 11.7 Å². The third-order valence-electron chi connectivity index (χ3n) is 1.56. The molecule has 0 aromatic carbocycles. The molecule has 0 aliphatic heterocycles. The van der Waals surface area contributed by atoms with Crippen molar-refractivity contribution in [3.05, 3.63) is 11.6 Å². The summed E-state index contributed by atoms with van der Waals surface area (Å²) in [6.07, 6.45) is 4.37. The predicted molar refractivity (Wildman–Crippen MR) is 54.6 cm³/mol. The van der Waals surface area contributed by atoms with Gasteiger partial charge < -0.3 is 5.73 Å². The van der Waals surface area contributed by atoms with E-state index < -0.39 is 0 Å². The minimum Gasteiger partial charge on any atom is -0.390 e. The minimum atomic E-state index is 0.457. The highest BCUT2D eigenvalue weighted by Gasteiger charge is 2.04. The first-order chi connectivity index (χ1) is 5.09. The first-order valence-electron chi connectivity index (χ1n) is 4.09. The number of hydrogen-bond donors (Lipinski definition) is 1. The van der Waals surface area contributed by atoms with E-state index in [1.54, 1.807) is 0 Å². The van der Waals surface area contributed by atoms with Gasteiger partial charge in [-0.2, -0.15) is 0 Å². The largest absolute Gasteiger partial charge is 0.390 e. The maximum atomic E-state index is 5.54. The maximum absolute atomic E-state index is 5.54. The Balaban J connectivity index is 4.21. The molecular weight excluding hydrogens is 154 g/mol. The Kier molecular flexibility index (Phi) is 5.12. The van der Waals surface area contributed by atoms with Crippen LogP contribution >= 0.6 is 12.2 Å². The molecule has 0 heterocycles. The maximum Gasteiger partial charge on any atom is 0.0993 e. The fourth-order valence-corrected chi connectivity index (χ4v) is 1.24. The van der Waals surface area contributed by atoms with Crippen LogP contribution < -0.4 is 5.73 Å². The monoisotopic (exact) mass is 171 g/mol. The zero-order chi connectivity index (χ0) is 8.85. The number of nitrogens with two attached hydrogens (primary N) is 1. The van der Waals surface area contributed by atoms with E-state index in [0.717, 1.165) is 18.4 Å². The number of hydrogen-bond acceptors (Lipinski definition) is 1. The van der Waals surface area contributed by atoms with Gasteiger partial charge in [-0.3, -0.25) is 0 Å². The summed E-state index contributed by atoms with van der Waals surface area (Å²) in [5.41, 5.74) is 6.67. The number of unbranched alkanes of at least 4 members (excludes halogenated alkanes) is 1. The average Bonchev–Trinajstić information content (AvgIpc) is 1.87. The van der Waals surface area contributed by atoms with Crippen molar-refractivity contribution >= 4 is 17.2 Å². The van der Waals surface area contributed by atoms with Gasteiger partial charge in [-0.25, -0.2) is 0 Å². The predicted octanol–water partition coefficient (Wildman–Crippen LogP) is 2.66. The molecule has 0 rings (SSSR count). The van der Waals surface area contributed by atoms with Gasteiger partial charge in [-0.05, 0) is 17.9 Å². The number of thiocarbonyl (C=S) groups is 1. The van der Waals surface area contributed by atoms with E-state index in [0.29, 0.717) is 10.9 Å². The number of rotatable bonds is 4. The Labute approximate surface area is 74.7 Å². The van der Waals surface area contributed by atoms with Gasteiger partial charge in [0.15, 0.2) is 0 Å². The second kappa shape index (κ2) is 5.30. The summed E-state index contributed by atoms with van der Waals surface area (Å²) in [5, 5.41) is 0. The molecule has 2 N–H and O–H groups in total. The summed E-state index contributed by atoms with van der Waals surface area (Å²) in [6, 6.07) is 0. The summed E-state index contributed by atoms with van der Waals surface area (Å²) in [4.78, 5) is 0.549. The van der Waals surface area contributed by atoms with Crippen LogP contribution in [0.5, 0.6) is 0 Å². The first kappa shape index (κ1) is 10.6. The highest BCUT2D eigenvalue weighted by molar-refractivity contribution is 7.80. The van der Waals surface area contributed by atoms with Gasteiger partial charge in [0, 0.05) is 0 Å². The smallest absolute Gasteiger partial charge is 0.0993 e. The lowest BCUT2D eigenvalue weighted by Gasteiger charge is -2.08. The quantitative estimate of drug-likeness (QED) is 0.520. The molecule has 0 saturated heterocycles. The van der Waals surface area contributed by atoms with E-state index in [4.69, 9.17) is 18.0 Å². The van der Waals surface area contributed by atoms with Gasteiger partial charge in [-0.1, -0.05) is 45.5 Å². The van der Waals surface area contributed by atoms with Crippen LogP contribution in [0.4, 0.5) is 0 Å². The topological polar surface area (TPSA) is 26.0 Å². The van der Waals surface area contributed by atoms with Crippen molar-refractivity contribution in [1.82, 2.24) is 0 Å². The van der Waals surface area contributed by atoms with Crippen molar-refractivity contribution in [3.8, 4) is 0 Å². The summed E-state index contributed by atoms with van der Waals surface area (Å²) in [5.74, 6) is 0.457. The van der Waals surface area contributed by atoms with Gasteiger partial charge in [0.05, 0.1) is 4.99 Å². The lowest BCUT2D eigenvalue weighted by Crippen LogP contribution is -2.15. The highest BCUT2D eigenvalue weighted by atomic mass is 32.1. The zero-order valence-corrected chi connectivity index (χ0v) is 8.37. The van der Waals surface area contributed by atoms with Gasteiger partial charge in [0.25, 0.3) is 0 Å². The normalized spacial score (nSPS) is 12.2. The summed E-state index contributed by atoms with van der Waals surface area (Å²) < 4.78 is 0. The lowest BCUT2D eigenvalue weighted by molar-refractivity contribution is 0.791. The fourth-order valence-electron chi connectivity index (χ4n) is 0.921. The van der Waals surface area contributed by atoms with E-state index in [1.807, 2.05) is 0 Å². The molecule has 0 unspecified atom stereocenters. The summed E-state index contributed by atoms with van der Waals surface area (Å²) in [6.45, 7) is 6.37. The molecule has 0 bridgehead atoms. The van der Waals surface area contributed by atoms with Crippen LogP contribution in [0, 0.1) is 5.92 Å². The van der Waals surface area contributed by atoms with Crippen LogP contribution in [0.2, 0.25) is 0 Å². The third kappa shape index (κ3) is 4.14. The fraction of sp³-hybridized carbons (Fsp3) is 0.667. The third-order valence-corrected chi connectivity index (χ3v) is 1.80. The van der Waals surface area contributed by atoms with Crippen molar-refractivity contribution in [2.75, 3.05) is 0 Å². The van der Waals surface area contributed by atoms with Crippen molar-refractivity contribution in [2.45, 2.75) is 33.6 Å². The summed E-state index contributed by atoms with van der Waals surface area (Å²) in [7, 11) is 0. The molecule has 11 heavy (non-hydrogen) atoms. The molecule has 2 heteroatoms. The zero-order valence-electron chi connectivity index (χ0n) is 7.55. The second-order valence-corrected chi connectivity index (χ2v) is 3.41. The van der Waals surface area contributed by atoms with E-state index in [2.05, 4.69) is 26.8 Å². The Bertz CT molecular complexity index is 159. The standard InChI is InChI=1S/C9H17NS/c1-4-5-6-8(7(2)3)9(10)11/h6-7H,4-5H2,1-3H3,(H2,10,11)/b8-6+. The Morgan fingerprint density at radius 1 is 1.55 bits per heavy atom. The van der Waals surface area contributed by atoms with Gasteiger partial charge >= 0.3 is 0 Å². The highest BCUT2D eigenvalue weighted by Crippen LogP contribution is 2.11. The van der Waals surface area contributed by atoms with Crippen LogP contribution in [0.1, 0.15) is 33.6 Å². The van der Waals surface area contributed by atoms with Crippen molar-refractivity contribution in [1.29, 1.82) is 0 Å². The molecular formula is C9H17NS. The molecule has 0 saturated carbocycles. The molecule has 0 atom stereocenters. The molecule has 0 amide bonds. The minimum absolute atomic E-state index is 0.457. The van der Waals surface area contributed by atoms with Crippen molar-refractivity contribution in [3.63, 3.8) is 0 Å². The van der Waals surface area contributed by atoms with Crippen LogP contribution in [0.15, 0.2) is 11.6 Å². The Hall–Kier alpha value is -0.370. The molecule has 0 aromatic rings. The van der Waals surface area contributed by atoms with Gasteiger partial charge in [0.2, 0.25) is 0 Å². The Morgan fingerprint density at radius 2 is 2.09 bits per heavy atom. The van der Waals surface area contributed by atoms with Gasteiger partial charge in [0.1, 0.15) is 0 Å². The SMILES string of the molecule is CCC/C=C(/C(N)=S)C(C)C. The van der Waals surface area contributed by atoms with Crippen molar-refractivity contribution < 1.29 is 0 Å². The summed E-state index contributed by atoms with van der Waals surface area (Å²) >= 11 is 4.92. The average molecular weight is 171 g/mol. The molecule has 1 nitrogen and oxygen atoms in total. The van der Waals surface area contributed by atoms with E-state index in [-0.39, 0.29) is 0 Å². The molecule has 0 aliphatic rings. The van der Waals surface area contributed by atoms with Gasteiger partial charge in [-0.15, -0.1) is 0 Å². The lowest BCUT2D eigenvalue weighted by atomic mass is 10.0. The van der Waals surface area contributed by atoms with Crippen LogP contribution in [-0.4, -0.2) is 4.99 Å². The molecule has 64 valence electrons. The van der Waals surface area contributed by atoms with Crippen LogP contribution in [-0.2, 0) is 0 Å². The Morgan fingerprint density at radius 3 is 2.36 bits per heavy atom. The molecule has 0 spiro atoms. The number of allylic oxidation sites excluding steroid dienone is 1. The molecule has 0 aliphatic carbocycles. The first-order valence-corrected chi connectivity index (χ1v) is 4.50. The molecule has 0 fully saturated rings. The van der Waals surface area contributed by atoms with E-state index in [9.17, 15) is 0 Å². The molecule has 0 aromatic heterocycles. The second-order valence-electron chi connectivity index (χ2n) is 2.97. The van der Waals surface area contributed by atoms with Crippen LogP contribution in [0.3, 0.4) is 0 Å². The molecule has 0 radical (unpaired) electrons. The van der Waals surface area contributed by atoms with E-state index in [1.165, 1.54) is 0 Å². The van der Waals surface area contributed by atoms with E-state index >= 15 is 0 Å². The van der Waals surface area contributed by atoms with Crippen LogP contribution in [0.25, 0.3) is 0 Å².